The number of carbonyl (C=O) groups is 6. The van der Waals surface area contributed by atoms with E-state index in [0.717, 1.165) is 16.7 Å². The SMILES string of the molecule is CC(C)(C)OC(=O)NCCCC[C@@H](N)C(=O)Nc1ccc(C(c2ccc(NC(=O)[C@H](N)CCCCNC(=O)OC(C)(C)C)cc2)c2ccc(NC(=O)[C@H](N)CCCCNC(=O)OC(C)(C)C)cc2)cc1. The second kappa shape index (κ2) is 27.8. The van der Waals surface area contributed by atoms with Crippen molar-refractivity contribution in [1.82, 2.24) is 16.0 Å². The van der Waals surface area contributed by atoms with Crippen LogP contribution in [0.4, 0.5) is 31.4 Å². The molecule has 386 valence electrons. The molecule has 3 rings (SSSR count). The third kappa shape index (κ3) is 23.4. The zero-order valence-electron chi connectivity index (χ0n) is 42.6. The summed E-state index contributed by atoms with van der Waals surface area (Å²) in [5, 5.41) is 16.8. The van der Waals surface area contributed by atoms with Gasteiger partial charge in [-0.1, -0.05) is 36.4 Å². The van der Waals surface area contributed by atoms with Crippen LogP contribution in [0.1, 0.15) is 143 Å². The van der Waals surface area contributed by atoms with Crippen molar-refractivity contribution in [2.45, 2.75) is 161 Å². The van der Waals surface area contributed by atoms with Gasteiger partial charge in [-0.25, -0.2) is 14.4 Å². The quantitative estimate of drug-likeness (QED) is 0.0237. The van der Waals surface area contributed by atoms with Crippen LogP contribution >= 0.6 is 0 Å². The summed E-state index contributed by atoms with van der Waals surface area (Å²) in [6.45, 7) is 17.4. The molecule has 0 aromatic heterocycles. The van der Waals surface area contributed by atoms with Crippen molar-refractivity contribution in [3.8, 4) is 0 Å². The third-order valence-electron chi connectivity index (χ3n) is 10.4. The number of unbranched alkanes of at least 4 members (excludes halogenated alkanes) is 3. The van der Waals surface area contributed by atoms with Crippen LogP contribution in [0.15, 0.2) is 72.8 Å². The summed E-state index contributed by atoms with van der Waals surface area (Å²) in [4.78, 5) is 74.9. The van der Waals surface area contributed by atoms with E-state index in [0.29, 0.717) is 94.5 Å². The Morgan fingerprint density at radius 2 is 0.629 bits per heavy atom. The highest BCUT2D eigenvalue weighted by atomic mass is 16.6. The van der Waals surface area contributed by atoms with Crippen molar-refractivity contribution < 1.29 is 43.0 Å². The van der Waals surface area contributed by atoms with Crippen LogP contribution in [0.25, 0.3) is 0 Å². The van der Waals surface area contributed by atoms with Gasteiger partial charge in [0.2, 0.25) is 17.7 Å². The Bertz CT molecular complexity index is 1890. The molecule has 0 aliphatic carbocycles. The molecule has 18 nitrogen and oxygen atoms in total. The van der Waals surface area contributed by atoms with E-state index in [1.165, 1.54) is 0 Å². The highest BCUT2D eigenvalue weighted by Gasteiger charge is 2.22. The second-order valence-corrected chi connectivity index (χ2v) is 20.4. The molecule has 0 radical (unpaired) electrons. The van der Waals surface area contributed by atoms with Gasteiger partial charge in [0.15, 0.2) is 0 Å². The molecule has 70 heavy (non-hydrogen) atoms. The largest absolute Gasteiger partial charge is 0.444 e. The number of alkyl carbamates (subject to hydrolysis) is 3. The molecular weight excluding hydrogens is 895 g/mol. The van der Waals surface area contributed by atoms with Gasteiger partial charge < -0.3 is 63.3 Å². The summed E-state index contributed by atoms with van der Waals surface area (Å²) in [5.74, 6) is -1.29. The van der Waals surface area contributed by atoms with Gasteiger partial charge in [-0.05, 0) is 173 Å². The van der Waals surface area contributed by atoms with E-state index < -0.39 is 53.2 Å². The molecule has 0 fully saturated rings. The Morgan fingerprint density at radius 3 is 0.843 bits per heavy atom. The number of hydrogen-bond donors (Lipinski definition) is 9. The van der Waals surface area contributed by atoms with Crippen molar-refractivity contribution >= 4 is 53.1 Å². The number of nitrogens with one attached hydrogen (secondary N) is 6. The molecule has 12 N–H and O–H groups in total. The fourth-order valence-electron chi connectivity index (χ4n) is 6.93. The summed E-state index contributed by atoms with van der Waals surface area (Å²) in [6, 6.07) is 20.1. The van der Waals surface area contributed by atoms with Crippen molar-refractivity contribution in [3.63, 3.8) is 0 Å². The molecule has 6 amide bonds. The fraction of sp³-hybridized carbons (Fsp3) is 0.538. The molecule has 3 aromatic carbocycles. The zero-order valence-corrected chi connectivity index (χ0v) is 42.6. The number of benzene rings is 3. The van der Waals surface area contributed by atoms with E-state index in [1.807, 2.05) is 72.8 Å². The van der Waals surface area contributed by atoms with Crippen molar-refractivity contribution in [1.29, 1.82) is 0 Å². The van der Waals surface area contributed by atoms with Gasteiger partial charge in [0.25, 0.3) is 0 Å². The summed E-state index contributed by atoms with van der Waals surface area (Å²) in [5.41, 5.74) is 21.3. The first-order valence-electron chi connectivity index (χ1n) is 24.2. The molecular formula is C52H79N9O9. The molecule has 18 heteroatoms. The van der Waals surface area contributed by atoms with Gasteiger partial charge in [0.05, 0.1) is 18.1 Å². The van der Waals surface area contributed by atoms with Gasteiger partial charge in [-0.15, -0.1) is 0 Å². The van der Waals surface area contributed by atoms with Crippen molar-refractivity contribution in [3.05, 3.63) is 89.5 Å². The molecule has 0 aliphatic rings. The maximum Gasteiger partial charge on any atom is 0.407 e. The van der Waals surface area contributed by atoms with E-state index in [2.05, 4.69) is 31.9 Å². The summed E-state index contributed by atoms with van der Waals surface area (Å²) >= 11 is 0. The Morgan fingerprint density at radius 1 is 0.400 bits per heavy atom. The lowest BCUT2D eigenvalue weighted by Crippen LogP contribution is -2.36. The van der Waals surface area contributed by atoms with E-state index in [-0.39, 0.29) is 23.6 Å². The maximum absolute atomic E-state index is 13.0. The van der Waals surface area contributed by atoms with Crippen LogP contribution in [0.5, 0.6) is 0 Å². The summed E-state index contributed by atoms with van der Waals surface area (Å²) in [7, 11) is 0. The average molecular weight is 974 g/mol. The Balaban J connectivity index is 1.67. The molecule has 0 aliphatic heterocycles. The van der Waals surface area contributed by atoms with E-state index >= 15 is 0 Å². The lowest BCUT2D eigenvalue weighted by Gasteiger charge is -2.21. The van der Waals surface area contributed by atoms with Crippen LogP contribution in [0.2, 0.25) is 0 Å². The number of anilines is 3. The number of rotatable bonds is 24. The Labute approximate surface area is 414 Å². The number of ether oxygens (including phenoxy) is 3. The Kier molecular flexibility index (Phi) is 23.1. The predicted octanol–water partition coefficient (Wildman–Crippen LogP) is 7.75. The lowest BCUT2D eigenvalue weighted by atomic mass is 9.85. The van der Waals surface area contributed by atoms with Gasteiger partial charge >= 0.3 is 18.3 Å². The first-order chi connectivity index (χ1) is 32.8. The number of nitrogens with two attached hydrogens (primary N) is 3. The van der Waals surface area contributed by atoms with Gasteiger partial charge in [-0.2, -0.15) is 0 Å². The Hall–Kier alpha value is -6.24. The molecule has 0 spiro atoms. The molecule has 0 saturated heterocycles. The number of hydrogen-bond acceptors (Lipinski definition) is 12. The highest BCUT2D eigenvalue weighted by molar-refractivity contribution is 5.96. The van der Waals surface area contributed by atoms with Crippen LogP contribution in [0.3, 0.4) is 0 Å². The highest BCUT2D eigenvalue weighted by Crippen LogP contribution is 2.34. The molecule has 3 aromatic rings. The molecule has 0 heterocycles. The van der Waals surface area contributed by atoms with Gasteiger partial charge in [0.1, 0.15) is 16.8 Å². The van der Waals surface area contributed by atoms with Crippen LogP contribution in [-0.2, 0) is 28.6 Å². The van der Waals surface area contributed by atoms with E-state index in [4.69, 9.17) is 31.4 Å². The summed E-state index contributed by atoms with van der Waals surface area (Å²) in [6.07, 6.45) is 3.60. The standard InChI is InChI=1S/C52H79N9O9/c1-50(2,3)68-47(65)56-31-13-10-16-40(53)44(62)59-37-25-19-34(20-26-37)43(35-21-27-38(28-22-35)60-45(63)41(54)17-11-14-32-57-48(66)69-51(4,5)6)36-23-29-39(30-24-36)61-46(64)42(55)18-12-15-33-58-49(67)70-52(7,8)9/h19-30,40-43H,10-18,31-33,53-55H2,1-9H3,(H,56,65)(H,57,66)(H,58,67)(H,59,62)(H,60,63)(H,61,64)/t40-,41-,42-/m1/s1. The monoisotopic (exact) mass is 974 g/mol. The maximum atomic E-state index is 13.0. The minimum atomic E-state index is -0.753. The molecule has 0 unspecified atom stereocenters. The van der Waals surface area contributed by atoms with Crippen LogP contribution in [0, 0.1) is 0 Å². The zero-order chi connectivity index (χ0) is 52.1. The van der Waals surface area contributed by atoms with Crippen LogP contribution in [-0.4, -0.2) is 90.6 Å². The third-order valence-corrected chi connectivity index (χ3v) is 10.4. The van der Waals surface area contributed by atoms with Gasteiger partial charge in [-0.3, -0.25) is 14.4 Å². The second-order valence-electron chi connectivity index (χ2n) is 20.4. The van der Waals surface area contributed by atoms with E-state index in [9.17, 15) is 28.8 Å². The molecule has 3 atom stereocenters. The first kappa shape index (κ1) is 58.1. The first-order valence-corrected chi connectivity index (χ1v) is 24.2. The fourth-order valence-corrected chi connectivity index (χ4v) is 6.93. The normalized spacial score (nSPS) is 13.0. The van der Waals surface area contributed by atoms with E-state index in [1.54, 1.807) is 62.3 Å². The summed E-state index contributed by atoms with van der Waals surface area (Å²) < 4.78 is 15.8. The minimum absolute atomic E-state index is 0.302. The smallest absolute Gasteiger partial charge is 0.407 e. The van der Waals surface area contributed by atoms with Crippen LogP contribution < -0.4 is 49.1 Å². The number of carbonyl (C=O) groups excluding carboxylic acids is 6. The van der Waals surface area contributed by atoms with Crippen molar-refractivity contribution in [2.24, 2.45) is 17.2 Å². The predicted molar refractivity (Wildman–Crippen MR) is 274 cm³/mol. The van der Waals surface area contributed by atoms with Gasteiger partial charge in [0, 0.05) is 42.6 Å². The molecule has 0 saturated carbocycles. The lowest BCUT2D eigenvalue weighted by molar-refractivity contribution is -0.118. The minimum Gasteiger partial charge on any atom is -0.444 e. The average Bonchev–Trinajstić information content (AvgIpc) is 3.25. The topological polar surface area (TPSA) is 280 Å². The molecule has 0 bridgehead atoms. The van der Waals surface area contributed by atoms with Crippen molar-refractivity contribution in [2.75, 3.05) is 35.6 Å². The number of amides is 6.